The first kappa shape index (κ1) is 34.8. The average Bonchev–Trinajstić information content (AvgIpc) is 3.42. The van der Waals surface area contributed by atoms with Crippen LogP contribution in [0.1, 0.15) is 166 Å². The van der Waals surface area contributed by atoms with E-state index in [1.54, 1.807) is 0 Å². The van der Waals surface area contributed by atoms with E-state index in [1.807, 2.05) is 11.3 Å². The molecule has 0 fully saturated rings. The zero-order valence-electron chi connectivity index (χ0n) is 27.7. The number of aryl methyl sites for hydroxylation is 1. The van der Waals surface area contributed by atoms with Crippen molar-refractivity contribution in [2.24, 2.45) is 5.92 Å². The highest BCUT2D eigenvalue weighted by atomic mass is 32.1. The number of thiazole rings is 1. The van der Waals surface area contributed by atoms with E-state index in [9.17, 15) is 0 Å². The van der Waals surface area contributed by atoms with E-state index in [4.69, 9.17) is 4.98 Å². The number of rotatable bonds is 25. The Labute approximate surface area is 264 Å². The number of fused-ring (bicyclic) bond motifs is 1. The first-order valence-electron chi connectivity index (χ1n) is 18.2. The first-order valence-corrected chi connectivity index (χ1v) is 19.0. The largest absolute Gasteiger partial charge is 0.236 e. The monoisotopic (exact) mass is 589 g/mol. The van der Waals surface area contributed by atoms with E-state index < -0.39 is 0 Å². The SMILES string of the molecule is CCCCCCCCCCCCC(CCCCCCCCCCCC)Cc1ccc(-c2nc3ccc(C)cc3s2)cc1. The van der Waals surface area contributed by atoms with Crippen LogP contribution in [0.5, 0.6) is 0 Å². The van der Waals surface area contributed by atoms with E-state index >= 15 is 0 Å². The average molecular weight is 590 g/mol. The fourth-order valence-electron chi connectivity index (χ4n) is 6.46. The van der Waals surface area contributed by atoms with Crippen LogP contribution >= 0.6 is 11.3 Å². The second kappa shape index (κ2) is 21.9. The molecule has 1 nitrogen and oxygen atoms in total. The summed E-state index contributed by atoms with van der Waals surface area (Å²) in [6.45, 7) is 6.78. The minimum atomic E-state index is 0.837. The quantitative estimate of drug-likeness (QED) is 0.0896. The predicted molar refractivity (Wildman–Crippen MR) is 190 cm³/mol. The highest BCUT2D eigenvalue weighted by Crippen LogP contribution is 2.31. The Balaban J connectivity index is 1.42. The Bertz CT molecular complexity index is 1040. The van der Waals surface area contributed by atoms with Gasteiger partial charge >= 0.3 is 0 Å². The van der Waals surface area contributed by atoms with Crippen LogP contribution in [0.15, 0.2) is 42.5 Å². The Morgan fingerprint density at radius 1 is 0.571 bits per heavy atom. The van der Waals surface area contributed by atoms with Crippen LogP contribution in [0.3, 0.4) is 0 Å². The number of unbranched alkanes of at least 4 members (excludes halogenated alkanes) is 18. The molecular weight excluding hydrogens is 527 g/mol. The maximum Gasteiger partial charge on any atom is 0.124 e. The third-order valence-electron chi connectivity index (χ3n) is 9.20. The van der Waals surface area contributed by atoms with Crippen LogP contribution in [0.25, 0.3) is 20.8 Å². The third kappa shape index (κ3) is 14.2. The molecule has 234 valence electrons. The summed E-state index contributed by atoms with van der Waals surface area (Å²) < 4.78 is 1.29. The zero-order chi connectivity index (χ0) is 29.7. The summed E-state index contributed by atoms with van der Waals surface area (Å²) in [6.07, 6.45) is 32.7. The molecule has 0 aliphatic rings. The number of aromatic nitrogens is 1. The molecule has 0 unspecified atom stereocenters. The molecule has 0 bridgehead atoms. The van der Waals surface area contributed by atoms with Gasteiger partial charge in [0.25, 0.3) is 0 Å². The van der Waals surface area contributed by atoms with Crippen molar-refractivity contribution in [3.05, 3.63) is 53.6 Å². The van der Waals surface area contributed by atoms with Gasteiger partial charge < -0.3 is 0 Å². The molecular formula is C40H63NS. The Hall–Kier alpha value is -1.67. The molecule has 1 aromatic heterocycles. The summed E-state index contributed by atoms with van der Waals surface area (Å²) in [6, 6.07) is 16.0. The lowest BCUT2D eigenvalue weighted by molar-refractivity contribution is 0.399. The molecule has 0 saturated carbocycles. The molecule has 0 amide bonds. The van der Waals surface area contributed by atoms with Crippen molar-refractivity contribution in [2.75, 3.05) is 0 Å². The van der Waals surface area contributed by atoms with Crippen molar-refractivity contribution in [1.82, 2.24) is 4.98 Å². The molecule has 0 aliphatic heterocycles. The Morgan fingerprint density at radius 2 is 1.05 bits per heavy atom. The van der Waals surface area contributed by atoms with Gasteiger partial charge in [-0.05, 0) is 42.5 Å². The van der Waals surface area contributed by atoms with Crippen LogP contribution in [0, 0.1) is 12.8 Å². The lowest BCUT2D eigenvalue weighted by Gasteiger charge is -2.17. The topological polar surface area (TPSA) is 12.9 Å². The van der Waals surface area contributed by atoms with Gasteiger partial charge in [-0.15, -0.1) is 11.3 Å². The molecule has 2 aromatic carbocycles. The fraction of sp³-hybridized carbons (Fsp3) is 0.675. The molecule has 2 heteroatoms. The van der Waals surface area contributed by atoms with Crippen LogP contribution < -0.4 is 0 Å². The molecule has 0 atom stereocenters. The highest BCUT2D eigenvalue weighted by molar-refractivity contribution is 7.21. The number of nitrogens with zero attached hydrogens (tertiary/aromatic N) is 1. The van der Waals surface area contributed by atoms with Crippen molar-refractivity contribution >= 4 is 21.6 Å². The predicted octanol–water partition coefficient (Wildman–Crippen LogP) is 14.1. The van der Waals surface area contributed by atoms with Gasteiger partial charge in [-0.1, -0.05) is 185 Å². The Kier molecular flexibility index (Phi) is 18.2. The fourth-order valence-corrected chi connectivity index (χ4v) is 7.53. The number of benzene rings is 2. The van der Waals surface area contributed by atoms with Crippen molar-refractivity contribution in [3.63, 3.8) is 0 Å². The highest BCUT2D eigenvalue weighted by Gasteiger charge is 2.12. The molecule has 1 heterocycles. The molecule has 0 N–H and O–H groups in total. The van der Waals surface area contributed by atoms with Crippen LogP contribution in [0.4, 0.5) is 0 Å². The molecule has 0 radical (unpaired) electrons. The summed E-state index contributed by atoms with van der Waals surface area (Å²) in [5.74, 6) is 0.837. The second-order valence-electron chi connectivity index (χ2n) is 13.2. The lowest BCUT2D eigenvalue weighted by atomic mass is 9.88. The van der Waals surface area contributed by atoms with Crippen molar-refractivity contribution < 1.29 is 0 Å². The van der Waals surface area contributed by atoms with Crippen LogP contribution in [-0.4, -0.2) is 4.98 Å². The molecule has 0 aliphatic carbocycles. The van der Waals surface area contributed by atoms with Crippen molar-refractivity contribution in [3.8, 4) is 10.6 Å². The van der Waals surface area contributed by atoms with E-state index in [1.165, 1.54) is 169 Å². The van der Waals surface area contributed by atoms with E-state index in [0.29, 0.717) is 0 Å². The second-order valence-corrected chi connectivity index (χ2v) is 14.2. The van der Waals surface area contributed by atoms with Gasteiger partial charge in [0.2, 0.25) is 0 Å². The van der Waals surface area contributed by atoms with Gasteiger partial charge in [0.05, 0.1) is 10.2 Å². The van der Waals surface area contributed by atoms with Crippen LogP contribution in [-0.2, 0) is 6.42 Å². The maximum atomic E-state index is 4.91. The number of hydrogen-bond donors (Lipinski definition) is 0. The minimum absolute atomic E-state index is 0.837. The zero-order valence-corrected chi connectivity index (χ0v) is 28.6. The third-order valence-corrected chi connectivity index (χ3v) is 10.3. The summed E-state index contributed by atoms with van der Waals surface area (Å²) >= 11 is 1.82. The van der Waals surface area contributed by atoms with Crippen molar-refractivity contribution in [2.45, 2.75) is 168 Å². The summed E-state index contributed by atoms with van der Waals surface area (Å²) in [5.41, 5.74) is 5.21. The van der Waals surface area contributed by atoms with E-state index in [2.05, 4.69) is 63.2 Å². The minimum Gasteiger partial charge on any atom is -0.236 e. The normalized spacial score (nSPS) is 11.7. The molecule has 0 saturated heterocycles. The van der Waals surface area contributed by atoms with Gasteiger partial charge in [-0.25, -0.2) is 4.98 Å². The first-order chi connectivity index (χ1) is 20.7. The molecule has 0 spiro atoms. The van der Waals surface area contributed by atoms with Gasteiger partial charge in [0.15, 0.2) is 0 Å². The molecule has 42 heavy (non-hydrogen) atoms. The van der Waals surface area contributed by atoms with Gasteiger partial charge in [0.1, 0.15) is 5.01 Å². The Morgan fingerprint density at radius 3 is 1.55 bits per heavy atom. The molecule has 3 rings (SSSR count). The van der Waals surface area contributed by atoms with Gasteiger partial charge in [0, 0.05) is 5.56 Å². The van der Waals surface area contributed by atoms with E-state index in [0.717, 1.165) is 16.4 Å². The lowest BCUT2D eigenvalue weighted by Crippen LogP contribution is -2.05. The number of hydrogen-bond acceptors (Lipinski definition) is 2. The van der Waals surface area contributed by atoms with Gasteiger partial charge in [-0.3, -0.25) is 0 Å². The van der Waals surface area contributed by atoms with Crippen molar-refractivity contribution in [1.29, 1.82) is 0 Å². The van der Waals surface area contributed by atoms with E-state index in [-0.39, 0.29) is 0 Å². The summed E-state index contributed by atoms with van der Waals surface area (Å²) in [7, 11) is 0. The van der Waals surface area contributed by atoms with Crippen LogP contribution in [0.2, 0.25) is 0 Å². The standard InChI is InChI=1S/C40H63NS/c1-4-6-8-10-12-14-16-18-20-22-24-35(25-23-21-19-17-15-13-11-9-7-5-2)33-36-27-29-37(30-28-36)40-41-38-31-26-34(3)32-39(38)42-40/h26-32,35H,4-25,33H2,1-3H3. The summed E-state index contributed by atoms with van der Waals surface area (Å²) in [5, 5.41) is 1.15. The smallest absolute Gasteiger partial charge is 0.124 e. The maximum absolute atomic E-state index is 4.91. The summed E-state index contributed by atoms with van der Waals surface area (Å²) in [4.78, 5) is 4.91. The van der Waals surface area contributed by atoms with Gasteiger partial charge in [-0.2, -0.15) is 0 Å². The molecule has 3 aromatic rings.